The van der Waals surface area contributed by atoms with E-state index >= 15 is 0 Å². The Morgan fingerprint density at radius 2 is 2.00 bits per heavy atom. The summed E-state index contributed by atoms with van der Waals surface area (Å²) in [4.78, 5) is 10.6. The van der Waals surface area contributed by atoms with Crippen LogP contribution < -0.4 is 5.32 Å². The van der Waals surface area contributed by atoms with E-state index in [1.807, 2.05) is 30.6 Å². The molecule has 0 atom stereocenters. The van der Waals surface area contributed by atoms with E-state index in [1.165, 1.54) is 16.0 Å². The van der Waals surface area contributed by atoms with Gasteiger partial charge in [0, 0.05) is 49.9 Å². The van der Waals surface area contributed by atoms with E-state index in [2.05, 4.69) is 58.6 Å². The first kappa shape index (κ1) is 16.9. The molecule has 0 unspecified atom stereocenters. The first-order valence-corrected chi connectivity index (χ1v) is 8.50. The number of rotatable bonds is 8. The van der Waals surface area contributed by atoms with Gasteiger partial charge < -0.3 is 10.2 Å². The second-order valence-electron chi connectivity index (χ2n) is 5.80. The molecule has 0 aliphatic carbocycles. The van der Waals surface area contributed by atoms with Crippen molar-refractivity contribution in [2.24, 2.45) is 0 Å². The maximum atomic E-state index is 4.41. The van der Waals surface area contributed by atoms with Crippen LogP contribution in [-0.2, 0) is 13.1 Å². The van der Waals surface area contributed by atoms with Crippen LogP contribution in [0.3, 0.4) is 0 Å². The molecule has 0 aliphatic rings. The highest BCUT2D eigenvalue weighted by Crippen LogP contribution is 2.20. The van der Waals surface area contributed by atoms with Crippen molar-refractivity contribution in [3.8, 4) is 0 Å². The zero-order valence-electron chi connectivity index (χ0n) is 14.0. The Bertz CT molecular complexity index is 580. The summed E-state index contributed by atoms with van der Waals surface area (Å²) in [7, 11) is 6.18. The summed E-state index contributed by atoms with van der Waals surface area (Å²) in [5.41, 5.74) is 2.64. The summed E-state index contributed by atoms with van der Waals surface area (Å²) < 4.78 is 0. The summed E-state index contributed by atoms with van der Waals surface area (Å²) in [6, 6.07) is 6.37. The number of hydrogen-bond acceptors (Lipinski definition) is 5. The molecule has 0 radical (unpaired) electrons. The van der Waals surface area contributed by atoms with Crippen molar-refractivity contribution < 1.29 is 0 Å². The van der Waals surface area contributed by atoms with Crippen LogP contribution >= 0.6 is 11.3 Å². The van der Waals surface area contributed by atoms with Crippen LogP contribution in [0.1, 0.15) is 16.0 Å². The standard InChI is InChI=1S/C17H26N4S/c1-14-7-11-22-16(14)13-21(10-9-20(3)4)12-15-6-5-8-19-17(15)18-2/h5-8,11H,9-10,12-13H2,1-4H3,(H,18,19). The minimum atomic E-state index is 0.912. The molecule has 5 heteroatoms. The summed E-state index contributed by atoms with van der Waals surface area (Å²) >= 11 is 1.85. The van der Waals surface area contributed by atoms with Gasteiger partial charge in [0.05, 0.1) is 0 Å². The fraction of sp³-hybridized carbons (Fsp3) is 0.471. The lowest BCUT2D eigenvalue weighted by Gasteiger charge is -2.24. The van der Waals surface area contributed by atoms with Crippen molar-refractivity contribution in [1.29, 1.82) is 0 Å². The highest BCUT2D eigenvalue weighted by atomic mass is 32.1. The van der Waals surface area contributed by atoms with Crippen LogP contribution in [0, 0.1) is 6.92 Å². The molecular weight excluding hydrogens is 292 g/mol. The van der Waals surface area contributed by atoms with Gasteiger partial charge >= 0.3 is 0 Å². The molecule has 0 spiro atoms. The summed E-state index contributed by atoms with van der Waals surface area (Å²) in [6.07, 6.45) is 1.84. The van der Waals surface area contributed by atoms with Gasteiger partial charge in [0.25, 0.3) is 0 Å². The molecule has 0 saturated heterocycles. The number of nitrogens with one attached hydrogen (secondary N) is 1. The highest BCUT2D eigenvalue weighted by Gasteiger charge is 2.12. The molecule has 1 N–H and O–H groups in total. The van der Waals surface area contributed by atoms with Crippen LogP contribution in [0.5, 0.6) is 0 Å². The number of likely N-dealkylation sites (N-methyl/N-ethyl adjacent to an activating group) is 1. The Kier molecular flexibility index (Phi) is 6.36. The predicted molar refractivity (Wildman–Crippen MR) is 95.5 cm³/mol. The van der Waals surface area contributed by atoms with Gasteiger partial charge in [-0.15, -0.1) is 11.3 Å². The minimum absolute atomic E-state index is 0.912. The van der Waals surface area contributed by atoms with Gasteiger partial charge in [0.1, 0.15) is 5.82 Å². The Labute approximate surface area is 137 Å². The third-order valence-electron chi connectivity index (χ3n) is 3.72. The molecule has 0 aromatic carbocycles. The lowest BCUT2D eigenvalue weighted by molar-refractivity contribution is 0.228. The average molecular weight is 318 g/mol. The Hall–Kier alpha value is -1.43. The van der Waals surface area contributed by atoms with E-state index in [0.717, 1.165) is 32.0 Å². The van der Waals surface area contributed by atoms with Crippen LogP contribution in [-0.4, -0.2) is 49.0 Å². The highest BCUT2D eigenvalue weighted by molar-refractivity contribution is 7.10. The van der Waals surface area contributed by atoms with Crippen molar-refractivity contribution in [2.45, 2.75) is 20.0 Å². The molecule has 0 fully saturated rings. The van der Waals surface area contributed by atoms with Crippen molar-refractivity contribution in [3.63, 3.8) is 0 Å². The van der Waals surface area contributed by atoms with Gasteiger partial charge in [-0.05, 0) is 44.1 Å². The van der Waals surface area contributed by atoms with E-state index in [0.29, 0.717) is 0 Å². The average Bonchev–Trinajstić information content (AvgIpc) is 2.90. The van der Waals surface area contributed by atoms with Gasteiger partial charge in [-0.3, -0.25) is 4.90 Å². The van der Waals surface area contributed by atoms with E-state index < -0.39 is 0 Å². The van der Waals surface area contributed by atoms with Crippen molar-refractivity contribution in [3.05, 3.63) is 45.8 Å². The minimum Gasteiger partial charge on any atom is -0.373 e. The first-order chi connectivity index (χ1) is 10.6. The number of nitrogens with zero attached hydrogens (tertiary/aromatic N) is 3. The Morgan fingerprint density at radius 1 is 1.18 bits per heavy atom. The molecular formula is C17H26N4S. The Morgan fingerprint density at radius 3 is 2.64 bits per heavy atom. The molecule has 0 bridgehead atoms. The third-order valence-corrected chi connectivity index (χ3v) is 4.73. The molecule has 0 aliphatic heterocycles. The molecule has 2 aromatic heterocycles. The van der Waals surface area contributed by atoms with Gasteiger partial charge in [-0.1, -0.05) is 6.07 Å². The second kappa shape index (κ2) is 8.27. The molecule has 22 heavy (non-hydrogen) atoms. The fourth-order valence-corrected chi connectivity index (χ4v) is 3.30. The van der Waals surface area contributed by atoms with Gasteiger partial charge in [0.15, 0.2) is 0 Å². The van der Waals surface area contributed by atoms with Gasteiger partial charge in [-0.25, -0.2) is 4.98 Å². The molecule has 2 heterocycles. The van der Waals surface area contributed by atoms with Crippen molar-refractivity contribution in [2.75, 3.05) is 39.5 Å². The number of anilines is 1. The zero-order valence-corrected chi connectivity index (χ0v) is 14.8. The quantitative estimate of drug-likeness (QED) is 0.810. The molecule has 2 aromatic rings. The summed E-state index contributed by atoms with van der Waals surface area (Å²) in [5, 5.41) is 5.37. The van der Waals surface area contributed by atoms with Crippen LogP contribution in [0.4, 0.5) is 5.82 Å². The lowest BCUT2D eigenvalue weighted by atomic mass is 10.2. The molecule has 2 rings (SSSR count). The van der Waals surface area contributed by atoms with Crippen LogP contribution in [0.2, 0.25) is 0 Å². The fourth-order valence-electron chi connectivity index (χ4n) is 2.36. The second-order valence-corrected chi connectivity index (χ2v) is 6.80. The predicted octanol–water partition coefficient (Wildman–Crippen LogP) is 3.06. The third kappa shape index (κ3) is 4.80. The number of aromatic nitrogens is 1. The van der Waals surface area contributed by atoms with Crippen molar-refractivity contribution >= 4 is 17.2 Å². The number of thiophene rings is 1. The molecule has 0 saturated carbocycles. The van der Waals surface area contributed by atoms with Gasteiger partial charge in [0.2, 0.25) is 0 Å². The monoisotopic (exact) mass is 318 g/mol. The molecule has 0 amide bonds. The Balaban J connectivity index is 2.11. The van der Waals surface area contributed by atoms with E-state index in [1.54, 1.807) is 0 Å². The summed E-state index contributed by atoms with van der Waals surface area (Å²) in [6.45, 7) is 6.20. The lowest BCUT2D eigenvalue weighted by Crippen LogP contribution is -2.31. The van der Waals surface area contributed by atoms with Crippen LogP contribution in [0.15, 0.2) is 29.8 Å². The zero-order chi connectivity index (χ0) is 15.9. The van der Waals surface area contributed by atoms with E-state index in [9.17, 15) is 0 Å². The van der Waals surface area contributed by atoms with E-state index in [4.69, 9.17) is 0 Å². The smallest absolute Gasteiger partial charge is 0.130 e. The van der Waals surface area contributed by atoms with Crippen molar-refractivity contribution in [1.82, 2.24) is 14.8 Å². The maximum Gasteiger partial charge on any atom is 0.130 e. The number of hydrogen-bond donors (Lipinski definition) is 1. The SMILES string of the molecule is CNc1ncccc1CN(CCN(C)C)Cc1sccc1C. The summed E-state index contributed by atoms with van der Waals surface area (Å²) in [5.74, 6) is 0.972. The number of aryl methyl sites for hydroxylation is 1. The number of pyridine rings is 1. The van der Waals surface area contributed by atoms with Gasteiger partial charge in [-0.2, -0.15) is 0 Å². The topological polar surface area (TPSA) is 31.4 Å². The molecule has 4 nitrogen and oxygen atoms in total. The normalized spacial score (nSPS) is 11.4. The van der Waals surface area contributed by atoms with Crippen LogP contribution in [0.25, 0.3) is 0 Å². The van der Waals surface area contributed by atoms with E-state index in [-0.39, 0.29) is 0 Å². The first-order valence-electron chi connectivity index (χ1n) is 7.62. The maximum absolute atomic E-state index is 4.41. The largest absolute Gasteiger partial charge is 0.373 e. The molecule has 120 valence electrons.